The molecule has 0 aromatic heterocycles. The minimum absolute atomic E-state index is 0.0388. The van der Waals surface area contributed by atoms with Crippen molar-refractivity contribution >= 4 is 0 Å². The first kappa shape index (κ1) is 12.2. The molecule has 1 aromatic carbocycles. The van der Waals surface area contributed by atoms with Gasteiger partial charge in [0, 0.05) is 6.04 Å². The van der Waals surface area contributed by atoms with Crippen molar-refractivity contribution in [1.82, 2.24) is 0 Å². The molecule has 15 heavy (non-hydrogen) atoms. The van der Waals surface area contributed by atoms with Crippen LogP contribution in [0.5, 0.6) is 0 Å². The second-order valence-corrected chi connectivity index (χ2v) is 4.53. The maximum atomic E-state index is 13.3. The molecule has 0 saturated heterocycles. The molecule has 0 aliphatic heterocycles. The molecule has 2 N–H and O–H groups in total. The highest BCUT2D eigenvalue weighted by atomic mass is 19.1. The maximum absolute atomic E-state index is 13.3. The van der Waals surface area contributed by atoms with E-state index in [-0.39, 0.29) is 11.9 Å². The summed E-state index contributed by atoms with van der Waals surface area (Å²) in [5, 5.41) is 0. The van der Waals surface area contributed by atoms with Gasteiger partial charge in [-0.2, -0.15) is 0 Å². The molecule has 0 heterocycles. The normalized spacial score (nSPS) is 13.2. The summed E-state index contributed by atoms with van der Waals surface area (Å²) < 4.78 is 13.3. The van der Waals surface area contributed by atoms with Gasteiger partial charge in [0.05, 0.1) is 0 Å². The van der Waals surface area contributed by atoms with Crippen LogP contribution in [-0.2, 0) is 0 Å². The van der Waals surface area contributed by atoms with Gasteiger partial charge >= 0.3 is 0 Å². The van der Waals surface area contributed by atoms with Crippen LogP contribution < -0.4 is 5.73 Å². The first-order valence-corrected chi connectivity index (χ1v) is 5.53. The summed E-state index contributed by atoms with van der Waals surface area (Å²) in [7, 11) is 0. The third-order valence-corrected chi connectivity index (χ3v) is 2.76. The highest BCUT2D eigenvalue weighted by Crippen LogP contribution is 2.23. The molecule has 0 bridgehead atoms. The van der Waals surface area contributed by atoms with Crippen molar-refractivity contribution in [2.75, 3.05) is 0 Å². The first-order chi connectivity index (χ1) is 7.02. The smallest absolute Gasteiger partial charge is 0.126 e. The van der Waals surface area contributed by atoms with E-state index in [0.717, 1.165) is 18.4 Å². The molecule has 0 spiro atoms. The molecular formula is C13H20FN. The van der Waals surface area contributed by atoms with Crippen LogP contribution in [0.1, 0.15) is 43.9 Å². The fourth-order valence-corrected chi connectivity index (χ4v) is 1.69. The standard InChI is InChI=1S/C13H20FN/c1-9(2)7-8-13(15)11-5-4-6-12(14)10(11)3/h4-6,9,13H,7-8,15H2,1-3H3/t13-/m1/s1. The molecule has 0 aliphatic rings. The predicted octanol–water partition coefficient (Wildman–Crippen LogP) is 3.57. The zero-order chi connectivity index (χ0) is 11.4. The molecule has 84 valence electrons. The molecule has 0 radical (unpaired) electrons. The topological polar surface area (TPSA) is 26.0 Å². The van der Waals surface area contributed by atoms with Gasteiger partial charge in [0.25, 0.3) is 0 Å². The number of benzene rings is 1. The van der Waals surface area contributed by atoms with Crippen molar-refractivity contribution in [1.29, 1.82) is 0 Å². The lowest BCUT2D eigenvalue weighted by atomic mass is 9.95. The Morgan fingerprint density at radius 2 is 1.93 bits per heavy atom. The molecular weight excluding hydrogens is 189 g/mol. The minimum Gasteiger partial charge on any atom is -0.324 e. The third kappa shape index (κ3) is 3.31. The Labute approximate surface area is 91.5 Å². The SMILES string of the molecule is Cc1c(F)cccc1[C@H](N)CCC(C)C. The summed E-state index contributed by atoms with van der Waals surface area (Å²) in [6.07, 6.45) is 2.00. The van der Waals surface area contributed by atoms with Crippen LogP contribution in [0.3, 0.4) is 0 Å². The molecule has 0 amide bonds. The second-order valence-electron chi connectivity index (χ2n) is 4.53. The number of hydrogen-bond acceptors (Lipinski definition) is 1. The van der Waals surface area contributed by atoms with Crippen molar-refractivity contribution < 1.29 is 4.39 Å². The van der Waals surface area contributed by atoms with Gasteiger partial charge in [-0.1, -0.05) is 26.0 Å². The zero-order valence-corrected chi connectivity index (χ0v) is 9.76. The second kappa shape index (κ2) is 5.26. The van der Waals surface area contributed by atoms with Crippen LogP contribution in [0.15, 0.2) is 18.2 Å². The Morgan fingerprint density at radius 3 is 2.53 bits per heavy atom. The maximum Gasteiger partial charge on any atom is 0.126 e. The summed E-state index contributed by atoms with van der Waals surface area (Å²) >= 11 is 0. The van der Waals surface area contributed by atoms with Crippen LogP contribution in [-0.4, -0.2) is 0 Å². The summed E-state index contributed by atoms with van der Waals surface area (Å²) in [6, 6.07) is 5.09. The molecule has 0 aliphatic carbocycles. The van der Waals surface area contributed by atoms with Gasteiger partial charge in [-0.05, 0) is 42.9 Å². The summed E-state index contributed by atoms with van der Waals surface area (Å²) in [6.45, 7) is 6.14. The lowest BCUT2D eigenvalue weighted by molar-refractivity contribution is 0.503. The Kier molecular flexibility index (Phi) is 4.28. The fourth-order valence-electron chi connectivity index (χ4n) is 1.69. The minimum atomic E-state index is -0.160. The summed E-state index contributed by atoms with van der Waals surface area (Å²) in [4.78, 5) is 0. The van der Waals surface area contributed by atoms with Crippen molar-refractivity contribution in [2.24, 2.45) is 11.7 Å². The summed E-state index contributed by atoms with van der Waals surface area (Å²) in [5.41, 5.74) is 7.68. The van der Waals surface area contributed by atoms with Gasteiger partial charge in [-0.25, -0.2) is 4.39 Å². The number of halogens is 1. The lowest BCUT2D eigenvalue weighted by Gasteiger charge is -2.16. The van der Waals surface area contributed by atoms with Crippen LogP contribution in [0.4, 0.5) is 4.39 Å². The molecule has 2 heteroatoms. The zero-order valence-electron chi connectivity index (χ0n) is 9.76. The van der Waals surface area contributed by atoms with Crippen molar-refractivity contribution in [2.45, 2.75) is 39.7 Å². The van der Waals surface area contributed by atoms with E-state index in [0.29, 0.717) is 11.5 Å². The van der Waals surface area contributed by atoms with E-state index in [9.17, 15) is 4.39 Å². The van der Waals surface area contributed by atoms with Gasteiger partial charge in [0.2, 0.25) is 0 Å². The highest BCUT2D eigenvalue weighted by molar-refractivity contribution is 5.29. The lowest BCUT2D eigenvalue weighted by Crippen LogP contribution is -2.13. The van der Waals surface area contributed by atoms with Crippen molar-refractivity contribution in [3.63, 3.8) is 0 Å². The molecule has 1 aromatic rings. The third-order valence-electron chi connectivity index (χ3n) is 2.76. The van der Waals surface area contributed by atoms with Gasteiger partial charge in [-0.15, -0.1) is 0 Å². The van der Waals surface area contributed by atoms with Crippen LogP contribution in [0.25, 0.3) is 0 Å². The van der Waals surface area contributed by atoms with E-state index >= 15 is 0 Å². The number of hydrogen-bond donors (Lipinski definition) is 1. The monoisotopic (exact) mass is 209 g/mol. The fraction of sp³-hybridized carbons (Fsp3) is 0.538. The van der Waals surface area contributed by atoms with Crippen LogP contribution >= 0.6 is 0 Å². The summed E-state index contributed by atoms with van der Waals surface area (Å²) in [5.74, 6) is 0.484. The van der Waals surface area contributed by atoms with E-state index < -0.39 is 0 Å². The Balaban J connectivity index is 2.73. The highest BCUT2D eigenvalue weighted by Gasteiger charge is 2.11. The van der Waals surface area contributed by atoms with Crippen LogP contribution in [0.2, 0.25) is 0 Å². The number of rotatable bonds is 4. The number of nitrogens with two attached hydrogens (primary N) is 1. The van der Waals surface area contributed by atoms with E-state index in [1.165, 1.54) is 6.07 Å². The quantitative estimate of drug-likeness (QED) is 0.806. The predicted molar refractivity (Wildman–Crippen MR) is 62.1 cm³/mol. The average molecular weight is 209 g/mol. The van der Waals surface area contributed by atoms with E-state index in [2.05, 4.69) is 13.8 Å². The average Bonchev–Trinajstić information content (AvgIpc) is 2.18. The van der Waals surface area contributed by atoms with E-state index in [4.69, 9.17) is 5.73 Å². The largest absolute Gasteiger partial charge is 0.324 e. The van der Waals surface area contributed by atoms with Gasteiger partial charge in [0.15, 0.2) is 0 Å². The Morgan fingerprint density at radius 1 is 1.27 bits per heavy atom. The molecule has 0 fully saturated rings. The van der Waals surface area contributed by atoms with Gasteiger partial charge in [0.1, 0.15) is 5.82 Å². The van der Waals surface area contributed by atoms with Crippen LogP contribution in [0, 0.1) is 18.7 Å². The molecule has 1 rings (SSSR count). The molecule has 0 unspecified atom stereocenters. The van der Waals surface area contributed by atoms with Crippen molar-refractivity contribution in [3.05, 3.63) is 35.1 Å². The van der Waals surface area contributed by atoms with E-state index in [1.807, 2.05) is 6.07 Å². The molecule has 1 nitrogen and oxygen atoms in total. The molecule has 1 atom stereocenters. The molecule has 0 saturated carbocycles. The van der Waals surface area contributed by atoms with Crippen molar-refractivity contribution in [3.8, 4) is 0 Å². The van der Waals surface area contributed by atoms with Gasteiger partial charge < -0.3 is 5.73 Å². The Bertz CT molecular complexity index is 320. The van der Waals surface area contributed by atoms with E-state index in [1.54, 1.807) is 13.0 Å². The van der Waals surface area contributed by atoms with Gasteiger partial charge in [-0.3, -0.25) is 0 Å². The Hall–Kier alpha value is -0.890. The first-order valence-electron chi connectivity index (χ1n) is 5.53.